The number of aromatic nitrogens is 1. The maximum Gasteiger partial charge on any atom is 0.267 e. The van der Waals surface area contributed by atoms with Gasteiger partial charge in [-0.3, -0.25) is 14.5 Å². The number of amides is 1. The number of hydrogen-bond acceptors (Lipinski definition) is 5. The highest BCUT2D eigenvalue weighted by molar-refractivity contribution is 7.90. The van der Waals surface area contributed by atoms with Gasteiger partial charge in [0, 0.05) is 25.1 Å². The minimum Gasteiger partial charge on any atom is -0.367 e. The third kappa shape index (κ3) is 5.10. The lowest BCUT2D eigenvalue weighted by atomic mass is 10.1. The van der Waals surface area contributed by atoms with Gasteiger partial charge in [0.25, 0.3) is 5.91 Å². The van der Waals surface area contributed by atoms with Crippen molar-refractivity contribution >= 4 is 15.9 Å². The first-order valence-corrected chi connectivity index (χ1v) is 8.78. The Morgan fingerprint density at radius 3 is 2.58 bits per heavy atom. The Morgan fingerprint density at radius 2 is 2.00 bits per heavy atom. The van der Waals surface area contributed by atoms with Gasteiger partial charge in [0.2, 0.25) is 10.0 Å². The molecule has 0 radical (unpaired) electrons. The Bertz CT molecular complexity index is 779. The highest BCUT2D eigenvalue weighted by Gasteiger charge is 2.24. The smallest absolute Gasteiger partial charge is 0.267 e. The molecule has 0 spiro atoms. The molecule has 1 heterocycles. The fourth-order valence-corrected chi connectivity index (χ4v) is 3.11. The average Bonchev–Trinajstić information content (AvgIpc) is 2.55. The lowest BCUT2D eigenvalue weighted by Crippen LogP contribution is -2.37. The normalized spacial score (nSPS) is 12.6. The molecule has 1 aromatic carbocycles. The van der Waals surface area contributed by atoms with Crippen LogP contribution in [0.4, 0.5) is 4.39 Å². The van der Waals surface area contributed by atoms with Gasteiger partial charge in [-0.05, 0) is 30.2 Å². The summed E-state index contributed by atoms with van der Waals surface area (Å²) in [6.45, 7) is 0. The van der Waals surface area contributed by atoms with Gasteiger partial charge in [-0.15, -0.1) is 0 Å². The van der Waals surface area contributed by atoms with E-state index in [4.69, 9.17) is 4.74 Å². The van der Waals surface area contributed by atoms with E-state index in [-0.39, 0.29) is 12.2 Å². The third-order valence-electron chi connectivity index (χ3n) is 3.29. The van der Waals surface area contributed by atoms with Gasteiger partial charge in [-0.2, -0.15) is 0 Å². The Balaban J connectivity index is 1.99. The van der Waals surface area contributed by atoms with E-state index in [1.807, 2.05) is 4.72 Å². The van der Waals surface area contributed by atoms with Crippen LogP contribution in [0.1, 0.15) is 17.2 Å². The zero-order chi connectivity index (χ0) is 17.6. The van der Waals surface area contributed by atoms with E-state index >= 15 is 0 Å². The van der Waals surface area contributed by atoms with Gasteiger partial charge in [0.05, 0.1) is 5.75 Å². The van der Waals surface area contributed by atoms with Crippen LogP contribution in [0.3, 0.4) is 0 Å². The first-order chi connectivity index (χ1) is 11.4. The molecule has 0 saturated carbocycles. The molecule has 6 nitrogen and oxygen atoms in total. The summed E-state index contributed by atoms with van der Waals surface area (Å²) in [5, 5.41) is 0. The fourth-order valence-electron chi connectivity index (χ4n) is 2.09. The van der Waals surface area contributed by atoms with Gasteiger partial charge < -0.3 is 4.74 Å². The van der Waals surface area contributed by atoms with Crippen LogP contribution in [0.15, 0.2) is 48.8 Å². The summed E-state index contributed by atoms with van der Waals surface area (Å²) >= 11 is 0. The number of sulfonamides is 1. The molecule has 2 rings (SSSR count). The molecule has 1 aromatic heterocycles. The van der Waals surface area contributed by atoms with Crippen molar-refractivity contribution < 1.29 is 22.3 Å². The van der Waals surface area contributed by atoms with Crippen molar-refractivity contribution in [1.82, 2.24) is 9.71 Å². The average molecular weight is 352 g/mol. The molecule has 1 N–H and O–H groups in total. The Kier molecular flexibility index (Phi) is 5.99. The maximum absolute atomic E-state index is 12.8. The van der Waals surface area contributed by atoms with Crippen molar-refractivity contribution in [3.8, 4) is 0 Å². The second kappa shape index (κ2) is 7.98. The van der Waals surface area contributed by atoms with Gasteiger partial charge in [-0.25, -0.2) is 12.8 Å². The highest BCUT2D eigenvalue weighted by Crippen LogP contribution is 2.15. The Hall–Kier alpha value is -2.32. The number of nitrogens with one attached hydrogen (secondary N) is 1. The second-order valence-corrected chi connectivity index (χ2v) is 6.91. The molecule has 0 aliphatic rings. The minimum atomic E-state index is -3.85. The monoisotopic (exact) mass is 352 g/mol. The van der Waals surface area contributed by atoms with Crippen LogP contribution in [0.25, 0.3) is 0 Å². The summed E-state index contributed by atoms with van der Waals surface area (Å²) in [6.07, 6.45) is 2.05. The maximum atomic E-state index is 12.8. The molecule has 1 atom stereocenters. The number of rotatable bonds is 7. The predicted octanol–water partition coefficient (Wildman–Crippen LogP) is 1.60. The molecule has 0 fully saturated rings. The summed E-state index contributed by atoms with van der Waals surface area (Å²) in [5.41, 5.74) is 1.11. The third-order valence-corrected chi connectivity index (χ3v) is 4.54. The fraction of sp³-hybridized carbons (Fsp3) is 0.250. The lowest BCUT2D eigenvalue weighted by Gasteiger charge is -2.15. The van der Waals surface area contributed by atoms with Gasteiger partial charge in [0.15, 0.2) is 6.10 Å². The largest absolute Gasteiger partial charge is 0.367 e. The summed E-state index contributed by atoms with van der Waals surface area (Å²) in [5.74, 6) is -1.48. The number of carbonyl (C=O) groups excluding carboxylic acids is 1. The molecule has 0 aliphatic heterocycles. The van der Waals surface area contributed by atoms with Crippen molar-refractivity contribution in [2.45, 2.75) is 12.5 Å². The predicted molar refractivity (Wildman–Crippen MR) is 86.0 cm³/mol. The number of hydrogen-bond donors (Lipinski definition) is 1. The molecular weight excluding hydrogens is 335 g/mol. The molecule has 0 saturated heterocycles. The first kappa shape index (κ1) is 18.0. The molecule has 128 valence electrons. The van der Waals surface area contributed by atoms with E-state index in [1.54, 1.807) is 12.1 Å². The van der Waals surface area contributed by atoms with Crippen molar-refractivity contribution in [3.05, 3.63) is 65.7 Å². The Labute approximate surface area is 139 Å². The summed E-state index contributed by atoms with van der Waals surface area (Å²) in [7, 11) is -2.54. The molecule has 8 heteroatoms. The molecular formula is C16H17FN2O4S. The van der Waals surface area contributed by atoms with Crippen molar-refractivity contribution in [3.63, 3.8) is 0 Å². The number of nitrogens with zero attached hydrogens (tertiary/aromatic N) is 1. The number of pyridine rings is 1. The van der Waals surface area contributed by atoms with E-state index < -0.39 is 27.9 Å². The summed E-state index contributed by atoms with van der Waals surface area (Å²) < 4.78 is 44.0. The standard InChI is InChI=1S/C16H17FN2O4S/c1-23-15(13-3-2-9-18-11-13)16(20)19-24(21,22)10-8-12-4-6-14(17)7-5-12/h2-7,9,11,15H,8,10H2,1H3,(H,19,20). The molecule has 2 aromatic rings. The van der Waals surface area contributed by atoms with Crippen molar-refractivity contribution in [2.75, 3.05) is 12.9 Å². The number of carbonyl (C=O) groups is 1. The quantitative estimate of drug-likeness (QED) is 0.818. The topological polar surface area (TPSA) is 85.4 Å². The van der Waals surface area contributed by atoms with E-state index in [0.29, 0.717) is 11.1 Å². The number of halogens is 1. The zero-order valence-corrected chi connectivity index (χ0v) is 13.8. The molecule has 1 unspecified atom stereocenters. The van der Waals surface area contributed by atoms with E-state index in [2.05, 4.69) is 4.98 Å². The number of ether oxygens (including phenoxy) is 1. The summed E-state index contributed by atoms with van der Waals surface area (Å²) in [6, 6.07) is 8.75. The number of benzene rings is 1. The zero-order valence-electron chi connectivity index (χ0n) is 13.0. The first-order valence-electron chi connectivity index (χ1n) is 7.13. The lowest BCUT2D eigenvalue weighted by molar-refractivity contribution is -0.129. The van der Waals surface area contributed by atoms with Crippen LogP contribution in [0, 0.1) is 5.82 Å². The van der Waals surface area contributed by atoms with Gasteiger partial charge >= 0.3 is 0 Å². The highest BCUT2D eigenvalue weighted by atomic mass is 32.2. The van der Waals surface area contributed by atoms with Crippen LogP contribution in [-0.2, 0) is 26.0 Å². The van der Waals surface area contributed by atoms with Crippen molar-refractivity contribution in [2.24, 2.45) is 0 Å². The molecule has 24 heavy (non-hydrogen) atoms. The van der Waals surface area contributed by atoms with Gasteiger partial charge in [-0.1, -0.05) is 18.2 Å². The number of aryl methyl sites for hydroxylation is 1. The second-order valence-electron chi connectivity index (χ2n) is 5.06. The molecule has 1 amide bonds. The van der Waals surface area contributed by atoms with E-state index in [9.17, 15) is 17.6 Å². The van der Waals surface area contributed by atoms with Crippen LogP contribution in [-0.4, -0.2) is 32.2 Å². The number of methoxy groups -OCH3 is 1. The van der Waals surface area contributed by atoms with Crippen molar-refractivity contribution in [1.29, 1.82) is 0 Å². The minimum absolute atomic E-state index is 0.160. The summed E-state index contributed by atoms with van der Waals surface area (Å²) in [4.78, 5) is 16.0. The SMILES string of the molecule is COC(C(=O)NS(=O)(=O)CCc1ccc(F)cc1)c1cccnc1. The van der Waals surface area contributed by atoms with Crippen LogP contribution < -0.4 is 4.72 Å². The van der Waals surface area contributed by atoms with E-state index in [1.165, 1.54) is 43.8 Å². The van der Waals surface area contributed by atoms with Gasteiger partial charge in [0.1, 0.15) is 5.82 Å². The van der Waals surface area contributed by atoms with E-state index in [0.717, 1.165) is 0 Å². The molecule has 0 aliphatic carbocycles. The van der Waals surface area contributed by atoms with Crippen LogP contribution in [0.2, 0.25) is 0 Å². The Morgan fingerprint density at radius 1 is 1.29 bits per heavy atom. The van der Waals surface area contributed by atoms with Crippen LogP contribution in [0.5, 0.6) is 0 Å². The molecule has 0 bridgehead atoms. The van der Waals surface area contributed by atoms with Crippen LogP contribution >= 0.6 is 0 Å².